The minimum absolute atomic E-state index is 0.0280. The van der Waals surface area contributed by atoms with Gasteiger partial charge in [0.15, 0.2) is 0 Å². The topological polar surface area (TPSA) is 46.5 Å². The van der Waals surface area contributed by atoms with Crippen molar-refractivity contribution < 1.29 is 14.6 Å². The number of ether oxygens (including phenoxy) is 1. The molecule has 0 atom stereocenters. The molecule has 86 valence electrons. The zero-order valence-electron chi connectivity index (χ0n) is 9.01. The fourth-order valence-corrected chi connectivity index (χ4v) is 1.47. The number of methoxy groups -OCH3 is 1. The summed E-state index contributed by atoms with van der Waals surface area (Å²) in [5.74, 6) is 0.403. The van der Waals surface area contributed by atoms with Gasteiger partial charge in [-0.15, -0.1) is 0 Å². The number of benzene rings is 1. The number of hydrogen-bond acceptors (Lipinski definition) is 3. The van der Waals surface area contributed by atoms with E-state index in [9.17, 15) is 4.79 Å². The number of rotatable bonds is 5. The van der Waals surface area contributed by atoms with E-state index in [0.717, 1.165) is 5.56 Å². The highest BCUT2D eigenvalue weighted by Gasteiger charge is 2.07. The van der Waals surface area contributed by atoms with Crippen LogP contribution in [-0.4, -0.2) is 23.9 Å². The monoisotopic (exact) mass is 238 g/mol. The number of carboxylic acid groups (broad SMARTS) is 1. The lowest BCUT2D eigenvalue weighted by molar-refractivity contribution is -0.136. The number of hydrogen-bond donors (Lipinski definition) is 2. The molecule has 4 heteroatoms. The highest BCUT2D eigenvalue weighted by atomic mass is 32.1. The molecule has 1 rings (SSSR count). The highest BCUT2D eigenvalue weighted by Crippen LogP contribution is 2.21. The number of carbonyl (C=O) groups is 1. The molecule has 0 spiro atoms. The Labute approximate surface area is 100 Å². The Kier molecular flexibility index (Phi) is 4.92. The fourth-order valence-electron chi connectivity index (χ4n) is 1.36. The van der Waals surface area contributed by atoms with Gasteiger partial charge in [0.2, 0.25) is 0 Å². The second kappa shape index (κ2) is 6.23. The van der Waals surface area contributed by atoms with Gasteiger partial charge >= 0.3 is 5.97 Å². The fraction of sp³-hybridized carbons (Fsp3) is 0.250. The van der Waals surface area contributed by atoms with Crippen LogP contribution in [0.2, 0.25) is 0 Å². The SMILES string of the molecule is COc1cc(C=CCS)ccc1CC(=O)O. The minimum atomic E-state index is -0.864. The van der Waals surface area contributed by atoms with Crippen molar-refractivity contribution in [3.63, 3.8) is 0 Å². The maximum atomic E-state index is 10.6. The van der Waals surface area contributed by atoms with Crippen molar-refractivity contribution in [1.29, 1.82) is 0 Å². The first-order valence-electron chi connectivity index (χ1n) is 4.83. The van der Waals surface area contributed by atoms with Crippen LogP contribution >= 0.6 is 12.6 Å². The lowest BCUT2D eigenvalue weighted by Gasteiger charge is -2.07. The van der Waals surface area contributed by atoms with Crippen molar-refractivity contribution >= 4 is 24.7 Å². The summed E-state index contributed by atoms with van der Waals surface area (Å²) in [6.45, 7) is 0. The normalized spacial score (nSPS) is 10.6. The maximum absolute atomic E-state index is 10.6. The average molecular weight is 238 g/mol. The lowest BCUT2D eigenvalue weighted by atomic mass is 10.1. The molecular weight excluding hydrogens is 224 g/mol. The van der Waals surface area contributed by atoms with Crippen molar-refractivity contribution in [1.82, 2.24) is 0 Å². The van der Waals surface area contributed by atoms with E-state index < -0.39 is 5.97 Å². The maximum Gasteiger partial charge on any atom is 0.307 e. The van der Waals surface area contributed by atoms with Gasteiger partial charge in [-0.05, 0) is 11.6 Å². The molecule has 1 aromatic carbocycles. The molecule has 0 aliphatic rings. The van der Waals surface area contributed by atoms with Crippen LogP contribution in [0.25, 0.3) is 6.08 Å². The predicted molar refractivity (Wildman–Crippen MR) is 67.2 cm³/mol. The summed E-state index contributed by atoms with van der Waals surface area (Å²) in [5, 5.41) is 8.72. The van der Waals surface area contributed by atoms with E-state index in [-0.39, 0.29) is 6.42 Å². The molecule has 0 saturated carbocycles. The van der Waals surface area contributed by atoms with Gasteiger partial charge in [-0.25, -0.2) is 0 Å². The zero-order chi connectivity index (χ0) is 12.0. The average Bonchev–Trinajstić information content (AvgIpc) is 2.27. The van der Waals surface area contributed by atoms with Crippen molar-refractivity contribution in [3.8, 4) is 5.75 Å². The molecule has 0 aromatic heterocycles. The van der Waals surface area contributed by atoms with Gasteiger partial charge in [-0.1, -0.05) is 24.3 Å². The summed E-state index contributed by atoms with van der Waals surface area (Å²) in [7, 11) is 1.53. The van der Waals surface area contributed by atoms with E-state index in [4.69, 9.17) is 9.84 Å². The Hall–Kier alpha value is -1.42. The summed E-state index contributed by atoms with van der Waals surface area (Å²) in [6, 6.07) is 5.45. The van der Waals surface area contributed by atoms with E-state index >= 15 is 0 Å². The standard InChI is InChI=1S/C12H14O3S/c1-15-11-7-9(3-2-6-16)4-5-10(11)8-12(13)14/h2-5,7,16H,6,8H2,1H3,(H,13,14). The molecule has 0 amide bonds. The Morgan fingerprint density at radius 2 is 2.31 bits per heavy atom. The first kappa shape index (κ1) is 12.6. The van der Waals surface area contributed by atoms with E-state index in [0.29, 0.717) is 17.1 Å². The number of aliphatic carboxylic acids is 1. The summed E-state index contributed by atoms with van der Waals surface area (Å²) in [4.78, 5) is 10.6. The summed E-state index contributed by atoms with van der Waals surface area (Å²) in [5.41, 5.74) is 1.65. The number of carboxylic acids is 1. The molecule has 0 bridgehead atoms. The molecule has 0 saturated heterocycles. The Bertz CT molecular complexity index is 399. The van der Waals surface area contributed by atoms with Crippen LogP contribution in [0.1, 0.15) is 11.1 Å². The van der Waals surface area contributed by atoms with Crippen LogP contribution in [0.3, 0.4) is 0 Å². The van der Waals surface area contributed by atoms with Gasteiger partial charge in [0.05, 0.1) is 13.5 Å². The number of thiol groups is 1. The van der Waals surface area contributed by atoms with Gasteiger partial charge < -0.3 is 9.84 Å². The van der Waals surface area contributed by atoms with Gasteiger partial charge in [0.1, 0.15) is 5.75 Å². The Balaban J connectivity index is 2.96. The molecular formula is C12H14O3S. The third-order valence-corrected chi connectivity index (χ3v) is 2.28. The molecule has 0 aliphatic carbocycles. The molecule has 0 aliphatic heterocycles. The Morgan fingerprint density at radius 3 is 2.88 bits per heavy atom. The molecule has 1 aromatic rings. The van der Waals surface area contributed by atoms with E-state index in [1.165, 1.54) is 7.11 Å². The second-order valence-corrected chi connectivity index (χ2v) is 3.59. The first-order valence-corrected chi connectivity index (χ1v) is 5.46. The molecule has 0 radical (unpaired) electrons. The molecule has 0 heterocycles. The van der Waals surface area contributed by atoms with Gasteiger partial charge in [-0.3, -0.25) is 4.79 Å². The summed E-state index contributed by atoms with van der Waals surface area (Å²) in [6.07, 6.45) is 3.80. The van der Waals surface area contributed by atoms with Crippen molar-refractivity contribution in [3.05, 3.63) is 35.4 Å². The lowest BCUT2D eigenvalue weighted by Crippen LogP contribution is -2.02. The van der Waals surface area contributed by atoms with Gasteiger partial charge in [-0.2, -0.15) is 12.6 Å². The second-order valence-electron chi connectivity index (χ2n) is 3.23. The van der Waals surface area contributed by atoms with Crippen molar-refractivity contribution in [2.45, 2.75) is 6.42 Å². The van der Waals surface area contributed by atoms with Crippen LogP contribution in [0.5, 0.6) is 5.75 Å². The minimum Gasteiger partial charge on any atom is -0.496 e. The highest BCUT2D eigenvalue weighted by molar-refractivity contribution is 7.80. The molecule has 16 heavy (non-hydrogen) atoms. The van der Waals surface area contributed by atoms with Crippen molar-refractivity contribution in [2.24, 2.45) is 0 Å². The van der Waals surface area contributed by atoms with Crippen molar-refractivity contribution in [2.75, 3.05) is 12.9 Å². The summed E-state index contributed by atoms with van der Waals surface area (Å²) >= 11 is 4.07. The third kappa shape index (κ3) is 3.62. The van der Waals surface area contributed by atoms with Gasteiger partial charge in [0.25, 0.3) is 0 Å². The predicted octanol–water partition coefficient (Wildman–Crippen LogP) is 2.27. The molecule has 3 nitrogen and oxygen atoms in total. The van der Waals surface area contributed by atoms with Crippen LogP contribution in [0.15, 0.2) is 24.3 Å². The van der Waals surface area contributed by atoms with Crippen LogP contribution in [0, 0.1) is 0 Å². The van der Waals surface area contributed by atoms with E-state index in [2.05, 4.69) is 12.6 Å². The Morgan fingerprint density at radius 1 is 1.56 bits per heavy atom. The van der Waals surface area contributed by atoms with Crippen LogP contribution < -0.4 is 4.74 Å². The summed E-state index contributed by atoms with van der Waals surface area (Å²) < 4.78 is 5.15. The molecule has 0 fully saturated rings. The molecule has 0 unspecified atom stereocenters. The third-order valence-electron chi connectivity index (χ3n) is 2.07. The van der Waals surface area contributed by atoms with Crippen LogP contribution in [-0.2, 0) is 11.2 Å². The first-order chi connectivity index (χ1) is 7.67. The van der Waals surface area contributed by atoms with Crippen LogP contribution in [0.4, 0.5) is 0 Å². The largest absolute Gasteiger partial charge is 0.496 e. The quantitative estimate of drug-likeness (QED) is 0.773. The zero-order valence-corrected chi connectivity index (χ0v) is 9.91. The van der Waals surface area contributed by atoms with Gasteiger partial charge in [0, 0.05) is 11.3 Å². The smallest absolute Gasteiger partial charge is 0.307 e. The van der Waals surface area contributed by atoms with E-state index in [1.807, 2.05) is 24.3 Å². The van der Waals surface area contributed by atoms with E-state index in [1.54, 1.807) is 6.07 Å². The molecule has 1 N–H and O–H groups in total.